The molecule has 0 bridgehead atoms. The summed E-state index contributed by atoms with van der Waals surface area (Å²) >= 11 is 1.66. The van der Waals surface area contributed by atoms with E-state index in [0.29, 0.717) is 26.2 Å². The zero-order valence-corrected chi connectivity index (χ0v) is 9.18. The fourth-order valence-electron chi connectivity index (χ4n) is 1.66. The highest BCUT2D eigenvalue weighted by atomic mass is 32.1. The van der Waals surface area contributed by atoms with Crippen LogP contribution in [0.25, 0.3) is 0 Å². The third-order valence-electron chi connectivity index (χ3n) is 2.67. The monoisotopic (exact) mass is 226 g/mol. The van der Waals surface area contributed by atoms with Crippen molar-refractivity contribution in [3.05, 3.63) is 22.4 Å². The second-order valence-corrected chi connectivity index (χ2v) is 4.71. The molecule has 3 N–H and O–H groups in total. The summed E-state index contributed by atoms with van der Waals surface area (Å²) in [6, 6.07) is 4.02. The fraction of sp³-hybridized carbons (Fsp3) is 0.500. The molecule has 1 aromatic rings. The van der Waals surface area contributed by atoms with Crippen LogP contribution >= 0.6 is 11.3 Å². The van der Waals surface area contributed by atoms with Crippen molar-refractivity contribution in [2.45, 2.75) is 18.5 Å². The number of rotatable bonds is 4. The molecule has 82 valence electrons. The Hall–Kier alpha value is -0.910. The van der Waals surface area contributed by atoms with Gasteiger partial charge in [0.1, 0.15) is 5.54 Å². The molecule has 2 rings (SSSR count). The Balaban J connectivity index is 1.99. The van der Waals surface area contributed by atoms with E-state index in [-0.39, 0.29) is 5.91 Å². The Morgan fingerprint density at radius 1 is 1.73 bits per heavy atom. The van der Waals surface area contributed by atoms with Gasteiger partial charge in [0.05, 0.1) is 6.61 Å². The molecule has 5 heteroatoms. The summed E-state index contributed by atoms with van der Waals surface area (Å²) in [5, 5.41) is 5.22. The first kappa shape index (κ1) is 10.6. The molecule has 1 atom stereocenters. The number of carbonyl (C=O) groups excluding carboxylic acids is 1. The van der Waals surface area contributed by atoms with Crippen LogP contribution in [0.15, 0.2) is 17.5 Å². The molecule has 0 radical (unpaired) electrons. The van der Waals surface area contributed by atoms with Crippen LogP contribution in [0.2, 0.25) is 0 Å². The van der Waals surface area contributed by atoms with Gasteiger partial charge in [-0.15, -0.1) is 11.3 Å². The van der Waals surface area contributed by atoms with Gasteiger partial charge in [0.15, 0.2) is 0 Å². The van der Waals surface area contributed by atoms with E-state index in [4.69, 9.17) is 10.5 Å². The number of hydrogen-bond donors (Lipinski definition) is 2. The van der Waals surface area contributed by atoms with Gasteiger partial charge in [-0.2, -0.15) is 0 Å². The molecule has 4 nitrogen and oxygen atoms in total. The third kappa shape index (κ3) is 2.19. The Bertz CT molecular complexity index is 331. The summed E-state index contributed by atoms with van der Waals surface area (Å²) in [5.41, 5.74) is 4.73. The van der Waals surface area contributed by atoms with E-state index in [1.54, 1.807) is 11.3 Å². The molecule has 1 unspecified atom stereocenters. The van der Waals surface area contributed by atoms with Crippen LogP contribution in [0.1, 0.15) is 11.3 Å². The van der Waals surface area contributed by atoms with E-state index in [0.717, 1.165) is 0 Å². The molecule has 1 fully saturated rings. The minimum atomic E-state index is -0.663. The van der Waals surface area contributed by atoms with Crippen LogP contribution in [-0.2, 0) is 16.1 Å². The predicted octanol–water partition coefficient (Wildman–Crippen LogP) is 0.482. The summed E-state index contributed by atoms with van der Waals surface area (Å²) in [5.74, 6) is -0.323. The van der Waals surface area contributed by atoms with Crippen molar-refractivity contribution in [3.63, 3.8) is 0 Å². The predicted molar refractivity (Wildman–Crippen MR) is 58.5 cm³/mol. The average Bonchev–Trinajstić information content (AvgIpc) is 2.87. The third-order valence-corrected chi connectivity index (χ3v) is 3.55. The molecule has 2 heterocycles. The maximum absolute atomic E-state index is 11.4. The lowest BCUT2D eigenvalue weighted by Crippen LogP contribution is -2.55. The SMILES string of the molecule is NC(=O)C1(NCc2cccs2)CCOC1. The normalized spacial score (nSPS) is 25.6. The molecule has 0 saturated carbocycles. The lowest BCUT2D eigenvalue weighted by Gasteiger charge is -2.24. The van der Waals surface area contributed by atoms with Crippen LogP contribution in [0.4, 0.5) is 0 Å². The smallest absolute Gasteiger partial charge is 0.240 e. The van der Waals surface area contributed by atoms with Crippen molar-refractivity contribution >= 4 is 17.2 Å². The molecule has 1 aliphatic heterocycles. The van der Waals surface area contributed by atoms with E-state index in [9.17, 15) is 4.79 Å². The van der Waals surface area contributed by atoms with Gasteiger partial charge >= 0.3 is 0 Å². The standard InChI is InChI=1S/C10H14N2O2S/c11-9(13)10(3-4-14-7-10)12-6-8-2-1-5-15-8/h1-2,5,12H,3-4,6-7H2,(H2,11,13). The Kier molecular flexibility index (Phi) is 3.04. The number of amides is 1. The van der Waals surface area contributed by atoms with E-state index in [2.05, 4.69) is 5.32 Å². The lowest BCUT2D eigenvalue weighted by molar-refractivity contribution is -0.124. The number of carbonyl (C=O) groups is 1. The Morgan fingerprint density at radius 3 is 3.13 bits per heavy atom. The quantitative estimate of drug-likeness (QED) is 0.785. The van der Waals surface area contributed by atoms with Gasteiger partial charge in [0, 0.05) is 24.4 Å². The summed E-state index contributed by atoms with van der Waals surface area (Å²) < 4.78 is 5.23. The second kappa shape index (κ2) is 4.30. The highest BCUT2D eigenvalue weighted by Gasteiger charge is 2.40. The van der Waals surface area contributed by atoms with Crippen molar-refractivity contribution in [1.29, 1.82) is 0 Å². The molecule has 1 aliphatic rings. The number of ether oxygens (including phenoxy) is 1. The van der Waals surface area contributed by atoms with Crippen molar-refractivity contribution in [1.82, 2.24) is 5.32 Å². The van der Waals surface area contributed by atoms with Crippen LogP contribution in [0.5, 0.6) is 0 Å². The molecule has 0 spiro atoms. The lowest BCUT2D eigenvalue weighted by atomic mass is 9.98. The first-order valence-corrected chi connectivity index (χ1v) is 5.76. The summed E-state index contributed by atoms with van der Waals surface area (Å²) in [7, 11) is 0. The van der Waals surface area contributed by atoms with Crippen molar-refractivity contribution in [2.24, 2.45) is 5.73 Å². The van der Waals surface area contributed by atoms with E-state index < -0.39 is 5.54 Å². The summed E-state index contributed by atoms with van der Waals surface area (Å²) in [6.07, 6.45) is 0.660. The zero-order chi connectivity index (χ0) is 10.7. The van der Waals surface area contributed by atoms with Gasteiger partial charge in [0.25, 0.3) is 0 Å². The van der Waals surface area contributed by atoms with Gasteiger partial charge < -0.3 is 10.5 Å². The fourth-order valence-corrected chi connectivity index (χ4v) is 2.30. The van der Waals surface area contributed by atoms with Crippen LogP contribution < -0.4 is 11.1 Å². The minimum Gasteiger partial charge on any atom is -0.379 e. The highest BCUT2D eigenvalue weighted by Crippen LogP contribution is 2.19. The van der Waals surface area contributed by atoms with Crippen molar-refractivity contribution < 1.29 is 9.53 Å². The Morgan fingerprint density at radius 2 is 2.60 bits per heavy atom. The zero-order valence-electron chi connectivity index (χ0n) is 8.36. The Labute approximate surface area is 92.4 Å². The molecular weight excluding hydrogens is 212 g/mol. The van der Waals surface area contributed by atoms with Gasteiger partial charge in [0.2, 0.25) is 5.91 Å². The van der Waals surface area contributed by atoms with Crippen LogP contribution in [-0.4, -0.2) is 24.7 Å². The molecular formula is C10H14N2O2S. The summed E-state index contributed by atoms with van der Waals surface area (Å²) in [4.78, 5) is 12.6. The summed E-state index contributed by atoms with van der Waals surface area (Å²) in [6.45, 7) is 1.65. The number of nitrogens with two attached hydrogens (primary N) is 1. The maximum atomic E-state index is 11.4. The molecule has 1 aromatic heterocycles. The minimum absolute atomic E-state index is 0.323. The second-order valence-electron chi connectivity index (χ2n) is 3.68. The van der Waals surface area contributed by atoms with Gasteiger partial charge in [-0.25, -0.2) is 0 Å². The van der Waals surface area contributed by atoms with Crippen molar-refractivity contribution in [3.8, 4) is 0 Å². The van der Waals surface area contributed by atoms with Crippen LogP contribution in [0, 0.1) is 0 Å². The van der Waals surface area contributed by atoms with E-state index in [1.807, 2.05) is 17.5 Å². The highest BCUT2D eigenvalue weighted by molar-refractivity contribution is 7.09. The number of primary amides is 1. The van der Waals surface area contributed by atoms with Crippen molar-refractivity contribution in [2.75, 3.05) is 13.2 Å². The van der Waals surface area contributed by atoms with E-state index in [1.165, 1.54) is 4.88 Å². The van der Waals surface area contributed by atoms with Crippen LogP contribution in [0.3, 0.4) is 0 Å². The molecule has 1 saturated heterocycles. The molecule has 15 heavy (non-hydrogen) atoms. The van der Waals surface area contributed by atoms with E-state index >= 15 is 0 Å². The van der Waals surface area contributed by atoms with Gasteiger partial charge in [-0.1, -0.05) is 6.07 Å². The maximum Gasteiger partial charge on any atom is 0.240 e. The first-order chi connectivity index (χ1) is 7.23. The number of hydrogen-bond acceptors (Lipinski definition) is 4. The molecule has 1 amide bonds. The number of nitrogens with one attached hydrogen (secondary N) is 1. The molecule has 0 aliphatic carbocycles. The van der Waals surface area contributed by atoms with Gasteiger partial charge in [-0.05, 0) is 11.4 Å². The first-order valence-electron chi connectivity index (χ1n) is 4.88. The largest absolute Gasteiger partial charge is 0.379 e. The number of thiophene rings is 1. The van der Waals surface area contributed by atoms with Gasteiger partial charge in [-0.3, -0.25) is 10.1 Å². The average molecular weight is 226 g/mol. The molecule has 0 aromatic carbocycles. The topological polar surface area (TPSA) is 64.4 Å².